The SMILES string of the molecule is CCNC(=NCCN1CCc2sccc2C1)N1CCN(c2ncccn2)CC1. The molecule has 2 aromatic rings. The van der Waals surface area contributed by atoms with Crippen LogP contribution in [0.1, 0.15) is 17.4 Å². The third-order valence-corrected chi connectivity index (χ3v) is 6.34. The number of aromatic nitrogens is 2. The van der Waals surface area contributed by atoms with Crippen LogP contribution in [0.5, 0.6) is 0 Å². The fourth-order valence-electron chi connectivity index (χ4n) is 3.79. The van der Waals surface area contributed by atoms with Crippen LogP contribution in [0, 0.1) is 0 Å². The van der Waals surface area contributed by atoms with Gasteiger partial charge in [0.25, 0.3) is 0 Å². The van der Waals surface area contributed by atoms with Gasteiger partial charge in [0.15, 0.2) is 5.96 Å². The topological polar surface area (TPSA) is 59.9 Å². The van der Waals surface area contributed by atoms with Crippen LogP contribution in [0.25, 0.3) is 0 Å². The fraction of sp³-hybridized carbons (Fsp3) is 0.550. The summed E-state index contributed by atoms with van der Waals surface area (Å²) in [5.74, 6) is 1.85. The second kappa shape index (κ2) is 9.34. The van der Waals surface area contributed by atoms with Crippen molar-refractivity contribution in [3.05, 3.63) is 40.3 Å². The Kier molecular flexibility index (Phi) is 6.38. The van der Waals surface area contributed by atoms with Gasteiger partial charge in [0.1, 0.15) is 0 Å². The molecule has 0 amide bonds. The van der Waals surface area contributed by atoms with E-state index >= 15 is 0 Å². The first-order chi connectivity index (χ1) is 13.8. The molecule has 2 aromatic heterocycles. The van der Waals surface area contributed by atoms with Crippen molar-refractivity contribution in [1.82, 2.24) is 25.1 Å². The van der Waals surface area contributed by atoms with Crippen LogP contribution in [0.3, 0.4) is 0 Å². The Bertz CT molecular complexity index is 768. The van der Waals surface area contributed by atoms with Crippen molar-refractivity contribution < 1.29 is 0 Å². The van der Waals surface area contributed by atoms with E-state index in [1.807, 2.05) is 17.4 Å². The van der Waals surface area contributed by atoms with Crippen LogP contribution in [0.2, 0.25) is 0 Å². The quantitative estimate of drug-likeness (QED) is 0.610. The molecule has 28 heavy (non-hydrogen) atoms. The molecule has 8 heteroatoms. The minimum atomic E-state index is 0.821. The third-order valence-electron chi connectivity index (χ3n) is 5.31. The number of rotatable bonds is 5. The Labute approximate surface area is 171 Å². The Balaban J connectivity index is 1.29. The van der Waals surface area contributed by atoms with Gasteiger partial charge < -0.3 is 15.1 Å². The van der Waals surface area contributed by atoms with Gasteiger partial charge in [0.05, 0.1) is 6.54 Å². The second-order valence-corrected chi connectivity index (χ2v) is 8.15. The lowest BCUT2D eigenvalue weighted by Gasteiger charge is -2.36. The number of fused-ring (bicyclic) bond motifs is 1. The van der Waals surface area contributed by atoms with E-state index in [1.165, 1.54) is 12.0 Å². The molecule has 4 heterocycles. The van der Waals surface area contributed by atoms with Crippen LogP contribution in [-0.2, 0) is 13.0 Å². The molecule has 0 aromatic carbocycles. The highest BCUT2D eigenvalue weighted by Crippen LogP contribution is 2.23. The predicted molar refractivity (Wildman–Crippen MR) is 115 cm³/mol. The van der Waals surface area contributed by atoms with Crippen molar-refractivity contribution in [3.63, 3.8) is 0 Å². The maximum atomic E-state index is 4.92. The number of nitrogens with zero attached hydrogens (tertiary/aromatic N) is 6. The average Bonchev–Trinajstić information content (AvgIpc) is 3.22. The average molecular weight is 400 g/mol. The Hall–Kier alpha value is -2.19. The van der Waals surface area contributed by atoms with Crippen molar-refractivity contribution in [2.75, 3.05) is 57.3 Å². The van der Waals surface area contributed by atoms with E-state index in [-0.39, 0.29) is 0 Å². The Morgan fingerprint density at radius 1 is 1.18 bits per heavy atom. The van der Waals surface area contributed by atoms with Gasteiger partial charge in [-0.15, -0.1) is 11.3 Å². The minimum Gasteiger partial charge on any atom is -0.357 e. The highest BCUT2D eigenvalue weighted by atomic mass is 32.1. The fourth-order valence-corrected chi connectivity index (χ4v) is 4.68. The van der Waals surface area contributed by atoms with Crippen molar-refractivity contribution in [3.8, 4) is 0 Å². The summed E-state index contributed by atoms with van der Waals surface area (Å²) in [4.78, 5) is 22.3. The van der Waals surface area contributed by atoms with Gasteiger partial charge >= 0.3 is 0 Å². The maximum Gasteiger partial charge on any atom is 0.225 e. The van der Waals surface area contributed by atoms with Gasteiger partial charge in [0.2, 0.25) is 5.95 Å². The van der Waals surface area contributed by atoms with E-state index in [2.05, 4.69) is 48.4 Å². The lowest BCUT2D eigenvalue weighted by atomic mass is 10.1. The zero-order valence-electron chi connectivity index (χ0n) is 16.5. The van der Waals surface area contributed by atoms with Crippen LogP contribution >= 0.6 is 11.3 Å². The van der Waals surface area contributed by atoms with Crippen LogP contribution in [-0.4, -0.2) is 78.1 Å². The van der Waals surface area contributed by atoms with E-state index in [9.17, 15) is 0 Å². The first kappa shape index (κ1) is 19.1. The highest BCUT2D eigenvalue weighted by molar-refractivity contribution is 7.10. The van der Waals surface area contributed by atoms with Crippen LogP contribution in [0.4, 0.5) is 5.95 Å². The number of guanidine groups is 1. The van der Waals surface area contributed by atoms with Gasteiger partial charge in [-0.3, -0.25) is 9.89 Å². The lowest BCUT2D eigenvalue weighted by molar-refractivity contribution is 0.263. The molecule has 1 fully saturated rings. The molecule has 4 rings (SSSR count). The van der Waals surface area contributed by atoms with Gasteiger partial charge in [-0.05, 0) is 36.4 Å². The number of hydrogen-bond donors (Lipinski definition) is 1. The first-order valence-corrected chi connectivity index (χ1v) is 11.0. The van der Waals surface area contributed by atoms with E-state index in [1.54, 1.807) is 17.3 Å². The summed E-state index contributed by atoms with van der Waals surface area (Å²) in [6.07, 6.45) is 4.79. The van der Waals surface area contributed by atoms with E-state index in [0.29, 0.717) is 0 Å². The number of hydrogen-bond acceptors (Lipinski definition) is 6. The van der Waals surface area contributed by atoms with Crippen molar-refractivity contribution in [2.45, 2.75) is 19.9 Å². The number of nitrogens with one attached hydrogen (secondary N) is 1. The standard InChI is InChI=1S/C20H29N7S/c1-2-21-19(24-8-10-25-9-4-18-17(16-25)5-15-28-18)26-11-13-27(14-12-26)20-22-6-3-7-23-20/h3,5-7,15H,2,4,8-14,16H2,1H3,(H,21,24). The minimum absolute atomic E-state index is 0.821. The molecule has 0 bridgehead atoms. The highest BCUT2D eigenvalue weighted by Gasteiger charge is 2.21. The molecular weight excluding hydrogens is 370 g/mol. The van der Waals surface area contributed by atoms with Crippen molar-refractivity contribution in [2.24, 2.45) is 4.99 Å². The molecule has 1 saturated heterocycles. The number of thiophene rings is 1. The molecule has 0 radical (unpaired) electrons. The molecule has 0 unspecified atom stereocenters. The summed E-state index contributed by atoms with van der Waals surface area (Å²) in [5, 5.41) is 5.68. The molecule has 150 valence electrons. The van der Waals surface area contributed by atoms with Gasteiger partial charge in [-0.2, -0.15) is 0 Å². The molecule has 0 atom stereocenters. The summed E-state index contributed by atoms with van der Waals surface area (Å²) in [7, 11) is 0. The zero-order valence-corrected chi connectivity index (χ0v) is 17.4. The van der Waals surface area contributed by atoms with Crippen molar-refractivity contribution >= 4 is 23.2 Å². The Morgan fingerprint density at radius 3 is 2.79 bits per heavy atom. The van der Waals surface area contributed by atoms with Gasteiger partial charge in [-0.1, -0.05) is 0 Å². The van der Waals surface area contributed by atoms with E-state index in [4.69, 9.17) is 4.99 Å². The Morgan fingerprint density at radius 2 is 2.00 bits per heavy atom. The monoisotopic (exact) mass is 399 g/mol. The first-order valence-electron chi connectivity index (χ1n) is 10.2. The maximum absolute atomic E-state index is 4.92. The zero-order chi connectivity index (χ0) is 19.2. The predicted octanol–water partition coefficient (Wildman–Crippen LogP) is 1.68. The molecule has 2 aliphatic heterocycles. The largest absolute Gasteiger partial charge is 0.357 e. The summed E-state index contributed by atoms with van der Waals surface area (Å²) < 4.78 is 0. The number of piperazine rings is 1. The number of anilines is 1. The molecule has 0 spiro atoms. The van der Waals surface area contributed by atoms with E-state index in [0.717, 1.165) is 70.8 Å². The third kappa shape index (κ3) is 4.62. The smallest absolute Gasteiger partial charge is 0.225 e. The molecule has 0 saturated carbocycles. The molecule has 1 N–H and O–H groups in total. The summed E-state index contributed by atoms with van der Waals surface area (Å²) in [5.41, 5.74) is 1.51. The van der Waals surface area contributed by atoms with Gasteiger partial charge in [0, 0.05) is 69.6 Å². The number of aliphatic imine (C=N–C) groups is 1. The molecular formula is C20H29N7S. The molecule has 0 aliphatic carbocycles. The van der Waals surface area contributed by atoms with Gasteiger partial charge in [-0.25, -0.2) is 9.97 Å². The molecule has 7 nitrogen and oxygen atoms in total. The van der Waals surface area contributed by atoms with Crippen LogP contribution in [0.15, 0.2) is 34.9 Å². The normalized spacial score (nSPS) is 18.2. The summed E-state index contributed by atoms with van der Waals surface area (Å²) >= 11 is 1.90. The second-order valence-electron chi connectivity index (χ2n) is 7.15. The summed E-state index contributed by atoms with van der Waals surface area (Å²) in [6.45, 7) is 10.8. The summed E-state index contributed by atoms with van der Waals surface area (Å²) in [6, 6.07) is 4.13. The van der Waals surface area contributed by atoms with Crippen LogP contribution < -0.4 is 10.2 Å². The molecule has 2 aliphatic rings. The van der Waals surface area contributed by atoms with E-state index < -0.39 is 0 Å². The van der Waals surface area contributed by atoms with Crippen molar-refractivity contribution in [1.29, 1.82) is 0 Å². The lowest BCUT2D eigenvalue weighted by Crippen LogP contribution is -2.53.